The van der Waals surface area contributed by atoms with Gasteiger partial charge in [-0.2, -0.15) is 0 Å². The summed E-state index contributed by atoms with van der Waals surface area (Å²) in [5.74, 6) is 0.428. The van der Waals surface area contributed by atoms with E-state index in [0.717, 1.165) is 6.42 Å². The number of alkyl halides is 3. The second kappa shape index (κ2) is 14.8. The van der Waals surface area contributed by atoms with Crippen LogP contribution < -0.4 is 9.47 Å². The van der Waals surface area contributed by atoms with Crippen LogP contribution >= 0.6 is 0 Å². The van der Waals surface area contributed by atoms with Gasteiger partial charge in [-0.25, -0.2) is 4.79 Å². The van der Waals surface area contributed by atoms with Crippen molar-refractivity contribution in [2.45, 2.75) is 100 Å². The number of esters is 1. The van der Waals surface area contributed by atoms with Crippen molar-refractivity contribution in [2.24, 2.45) is 16.7 Å². The molecule has 10 heteroatoms. The number of aliphatic hydroxyl groups excluding tert-OH is 1. The lowest BCUT2D eigenvalue weighted by Gasteiger charge is -2.25. The molecule has 45 heavy (non-hydrogen) atoms. The summed E-state index contributed by atoms with van der Waals surface area (Å²) >= 11 is 0. The molecular weight excluding hydrogens is 587 g/mol. The Labute approximate surface area is 264 Å². The van der Waals surface area contributed by atoms with E-state index in [9.17, 15) is 23.1 Å². The van der Waals surface area contributed by atoms with E-state index < -0.39 is 12.5 Å². The first kappa shape index (κ1) is 36.1. The van der Waals surface area contributed by atoms with Crippen molar-refractivity contribution >= 4 is 16.9 Å². The number of aryl methyl sites for hydroxylation is 1. The Morgan fingerprint density at radius 3 is 2.36 bits per heavy atom. The summed E-state index contributed by atoms with van der Waals surface area (Å²) in [5.41, 5.74) is 0.820. The molecule has 250 valence electrons. The van der Waals surface area contributed by atoms with Gasteiger partial charge in [0.15, 0.2) is 11.5 Å². The molecular formula is C35H48F3NO6. The van der Waals surface area contributed by atoms with Gasteiger partial charge in [-0.1, -0.05) is 61.5 Å². The molecule has 3 aromatic rings. The van der Waals surface area contributed by atoms with Crippen LogP contribution in [0.1, 0.15) is 81.1 Å². The second-order valence-electron chi connectivity index (χ2n) is 14.0. The minimum atomic E-state index is -4.84. The number of ether oxygens (including phenoxy) is 3. The molecule has 7 nitrogen and oxygen atoms in total. The molecule has 0 amide bonds. The van der Waals surface area contributed by atoms with Crippen LogP contribution in [0.3, 0.4) is 0 Å². The number of carbonyl (C=O) groups is 1. The summed E-state index contributed by atoms with van der Waals surface area (Å²) in [4.78, 5) is 12.7. The summed E-state index contributed by atoms with van der Waals surface area (Å²) in [6.07, 6.45) is 0.440. The van der Waals surface area contributed by atoms with Gasteiger partial charge in [0.05, 0.1) is 12.7 Å². The van der Waals surface area contributed by atoms with Crippen LogP contribution in [-0.4, -0.2) is 41.3 Å². The van der Waals surface area contributed by atoms with E-state index >= 15 is 0 Å². The highest BCUT2D eigenvalue weighted by Crippen LogP contribution is 2.39. The molecule has 0 aliphatic carbocycles. The minimum Gasteiger partial charge on any atom is -0.491 e. The number of hydrogen-bond donors (Lipinski definition) is 1. The van der Waals surface area contributed by atoms with Crippen molar-refractivity contribution in [3.63, 3.8) is 0 Å². The Morgan fingerprint density at radius 2 is 1.73 bits per heavy atom. The van der Waals surface area contributed by atoms with Crippen LogP contribution in [0.15, 0.2) is 52.6 Å². The molecule has 3 rings (SSSR count). The van der Waals surface area contributed by atoms with Crippen molar-refractivity contribution < 1.29 is 41.7 Å². The predicted molar refractivity (Wildman–Crippen MR) is 169 cm³/mol. The van der Waals surface area contributed by atoms with Gasteiger partial charge in [0, 0.05) is 29.8 Å². The van der Waals surface area contributed by atoms with E-state index in [2.05, 4.69) is 4.74 Å². The molecule has 0 aliphatic rings. The number of carbonyl (C=O) groups excluding carboxylic acids is 1. The first-order valence-corrected chi connectivity index (χ1v) is 15.5. The molecule has 0 spiro atoms. The standard InChI is InChI=1S/C35H48F3NO6/c1-23(2)14-16-39-17-15-28(45-35(36,37)38)31(39)30-19-24-12-13-26(20-29(24)44-30)43-22-25(40)11-9-10-18-42-32(41)27(34(6,7)8)21-33(3,4)5/h12-13,15,17,19-21,23,25,40H,9-11,14,16,18,22H2,1-8H3/b27-21-. The van der Waals surface area contributed by atoms with Crippen LogP contribution in [0, 0.1) is 16.7 Å². The second-order valence-corrected chi connectivity index (χ2v) is 14.0. The summed E-state index contributed by atoms with van der Waals surface area (Å²) < 4.78 is 62.6. The Balaban J connectivity index is 1.56. The predicted octanol–water partition coefficient (Wildman–Crippen LogP) is 9.32. The van der Waals surface area contributed by atoms with Gasteiger partial charge in [-0.15, -0.1) is 13.2 Å². The molecule has 1 N–H and O–H groups in total. The van der Waals surface area contributed by atoms with Crippen LogP contribution in [0.5, 0.6) is 11.5 Å². The Kier molecular flexibility index (Phi) is 11.9. The molecule has 1 unspecified atom stereocenters. The zero-order valence-electron chi connectivity index (χ0n) is 27.7. The molecule has 2 heterocycles. The van der Waals surface area contributed by atoms with Crippen LogP contribution in [0.25, 0.3) is 22.4 Å². The molecule has 1 atom stereocenters. The zero-order chi connectivity index (χ0) is 33.6. The number of fused-ring (bicyclic) bond motifs is 1. The van der Waals surface area contributed by atoms with E-state index in [1.807, 2.05) is 61.5 Å². The highest BCUT2D eigenvalue weighted by molar-refractivity contribution is 5.90. The fourth-order valence-corrected chi connectivity index (χ4v) is 4.74. The molecule has 0 radical (unpaired) electrons. The number of benzene rings is 1. The third-order valence-corrected chi connectivity index (χ3v) is 7.04. The largest absolute Gasteiger partial charge is 0.573 e. The highest BCUT2D eigenvalue weighted by Gasteiger charge is 2.34. The van der Waals surface area contributed by atoms with Crippen molar-refractivity contribution in [1.29, 1.82) is 0 Å². The number of furan rings is 1. The Morgan fingerprint density at radius 1 is 1.02 bits per heavy atom. The smallest absolute Gasteiger partial charge is 0.491 e. The number of halogens is 3. The quantitative estimate of drug-likeness (QED) is 0.108. The minimum absolute atomic E-state index is 0.0446. The zero-order valence-corrected chi connectivity index (χ0v) is 27.7. The van der Waals surface area contributed by atoms with E-state index in [1.165, 1.54) is 6.07 Å². The summed E-state index contributed by atoms with van der Waals surface area (Å²) in [6, 6.07) is 8.09. The topological polar surface area (TPSA) is 83.1 Å². The van der Waals surface area contributed by atoms with Gasteiger partial charge in [0.1, 0.15) is 23.6 Å². The maximum absolute atomic E-state index is 13.1. The number of rotatable bonds is 14. The fraction of sp³-hybridized carbons (Fsp3) is 0.571. The van der Waals surface area contributed by atoms with Crippen LogP contribution in [-0.2, 0) is 16.1 Å². The number of hydrogen-bond acceptors (Lipinski definition) is 6. The number of aliphatic hydroxyl groups is 1. The first-order chi connectivity index (χ1) is 20.8. The average Bonchev–Trinajstić information content (AvgIpc) is 3.49. The number of allylic oxidation sites excluding steroid dienone is 1. The van der Waals surface area contributed by atoms with E-state index in [1.54, 1.807) is 35.0 Å². The van der Waals surface area contributed by atoms with Gasteiger partial charge >= 0.3 is 12.3 Å². The van der Waals surface area contributed by atoms with Gasteiger partial charge in [0.2, 0.25) is 0 Å². The van der Waals surface area contributed by atoms with Gasteiger partial charge in [-0.05, 0) is 66.7 Å². The fourth-order valence-electron chi connectivity index (χ4n) is 4.74. The van der Waals surface area contributed by atoms with Crippen molar-refractivity contribution in [2.75, 3.05) is 13.2 Å². The molecule has 0 saturated heterocycles. The van der Waals surface area contributed by atoms with Crippen molar-refractivity contribution in [3.8, 4) is 23.0 Å². The Bertz CT molecular complexity index is 1440. The van der Waals surface area contributed by atoms with Gasteiger partial charge in [0.25, 0.3) is 0 Å². The van der Waals surface area contributed by atoms with Crippen molar-refractivity contribution in [1.82, 2.24) is 4.57 Å². The van der Waals surface area contributed by atoms with E-state index in [4.69, 9.17) is 13.9 Å². The summed E-state index contributed by atoms with van der Waals surface area (Å²) in [5, 5.41) is 11.1. The SMILES string of the molecule is CC(C)CCn1ccc(OC(F)(F)F)c1-c1cc2ccc(OCC(O)CCCCOC(=O)/C(=C/C(C)(C)C)C(C)(C)C)cc2o1. The maximum atomic E-state index is 13.1. The maximum Gasteiger partial charge on any atom is 0.573 e. The molecule has 1 aromatic carbocycles. The molecule has 0 fully saturated rings. The number of nitrogens with zero attached hydrogens (tertiary/aromatic N) is 1. The lowest BCUT2D eigenvalue weighted by Crippen LogP contribution is -2.23. The van der Waals surface area contributed by atoms with Crippen LogP contribution in [0.2, 0.25) is 0 Å². The monoisotopic (exact) mass is 635 g/mol. The summed E-state index contributed by atoms with van der Waals surface area (Å²) in [6.45, 7) is 17.0. The van der Waals surface area contributed by atoms with Gasteiger partial charge in [-0.3, -0.25) is 0 Å². The lowest BCUT2D eigenvalue weighted by atomic mass is 9.81. The lowest BCUT2D eigenvalue weighted by molar-refractivity contribution is -0.274. The number of aromatic nitrogens is 1. The third-order valence-electron chi connectivity index (χ3n) is 7.04. The molecule has 2 aromatic heterocycles. The molecule has 0 saturated carbocycles. The Hall–Kier alpha value is -3.40. The molecule has 0 bridgehead atoms. The number of unbranched alkanes of at least 4 members (excludes halogenated alkanes) is 1. The van der Waals surface area contributed by atoms with E-state index in [0.29, 0.717) is 54.0 Å². The van der Waals surface area contributed by atoms with Gasteiger partial charge < -0.3 is 28.3 Å². The van der Waals surface area contributed by atoms with Crippen molar-refractivity contribution in [3.05, 3.63) is 48.2 Å². The first-order valence-electron chi connectivity index (χ1n) is 15.5. The van der Waals surface area contributed by atoms with E-state index in [-0.39, 0.29) is 47.2 Å². The summed E-state index contributed by atoms with van der Waals surface area (Å²) in [7, 11) is 0. The normalized spacial score (nSPS) is 13.8. The average molecular weight is 636 g/mol. The van der Waals surface area contributed by atoms with Crippen LogP contribution in [0.4, 0.5) is 13.2 Å². The molecule has 0 aliphatic heterocycles. The highest BCUT2D eigenvalue weighted by atomic mass is 19.4. The third kappa shape index (κ3) is 11.5.